The molecule has 2 aromatic heterocycles. The molecule has 3 saturated heterocycles. The van der Waals surface area contributed by atoms with Crippen LogP contribution in [0.3, 0.4) is 0 Å². The molecular weight excluding hydrogens is 358 g/mol. The number of pyridine rings is 1. The van der Waals surface area contributed by atoms with Crippen molar-refractivity contribution < 1.29 is 14.7 Å². The minimum absolute atomic E-state index is 0.0342. The van der Waals surface area contributed by atoms with Crippen LogP contribution in [0.1, 0.15) is 36.0 Å². The summed E-state index contributed by atoms with van der Waals surface area (Å²) in [7, 11) is 1.86. The molecule has 148 valence electrons. The molecule has 3 aliphatic rings. The number of hydrogen-bond acceptors (Lipinski definition) is 5. The maximum absolute atomic E-state index is 13.4. The predicted octanol–water partition coefficient (Wildman–Crippen LogP) is 0.802. The van der Waals surface area contributed by atoms with Gasteiger partial charge in [-0.1, -0.05) is 0 Å². The number of amides is 2. The Morgan fingerprint density at radius 1 is 1.29 bits per heavy atom. The first-order valence-electron chi connectivity index (χ1n) is 10.1. The van der Waals surface area contributed by atoms with Crippen LogP contribution in [0.25, 0.3) is 11.2 Å². The van der Waals surface area contributed by atoms with Crippen LogP contribution in [0.2, 0.25) is 0 Å². The lowest BCUT2D eigenvalue weighted by Gasteiger charge is -2.56. The minimum Gasteiger partial charge on any atom is -0.394 e. The van der Waals surface area contributed by atoms with Crippen LogP contribution in [-0.2, 0) is 11.8 Å². The van der Waals surface area contributed by atoms with Gasteiger partial charge in [0.25, 0.3) is 5.91 Å². The molecule has 0 radical (unpaired) electrons. The third-order valence-corrected chi connectivity index (χ3v) is 6.80. The van der Waals surface area contributed by atoms with Gasteiger partial charge < -0.3 is 19.5 Å². The van der Waals surface area contributed by atoms with E-state index in [1.807, 2.05) is 21.4 Å². The molecule has 3 fully saturated rings. The molecule has 0 unspecified atom stereocenters. The van der Waals surface area contributed by atoms with Crippen LogP contribution >= 0.6 is 0 Å². The van der Waals surface area contributed by atoms with E-state index in [1.54, 1.807) is 18.6 Å². The van der Waals surface area contributed by atoms with Gasteiger partial charge in [-0.25, -0.2) is 9.97 Å². The Bertz CT molecular complexity index is 927. The highest BCUT2D eigenvalue weighted by atomic mass is 16.3. The number of rotatable bonds is 2. The molecule has 8 heteroatoms. The van der Waals surface area contributed by atoms with E-state index in [9.17, 15) is 14.7 Å². The van der Waals surface area contributed by atoms with Gasteiger partial charge in [-0.05, 0) is 37.2 Å². The second kappa shape index (κ2) is 6.55. The number of carbonyl (C=O) groups excluding carboxylic acids is 2. The largest absolute Gasteiger partial charge is 0.394 e. The fourth-order valence-corrected chi connectivity index (χ4v) is 5.55. The summed E-state index contributed by atoms with van der Waals surface area (Å²) in [6, 6.07) is 1.69. The van der Waals surface area contributed by atoms with Gasteiger partial charge >= 0.3 is 0 Å². The quantitative estimate of drug-likeness (QED) is 0.828. The van der Waals surface area contributed by atoms with Gasteiger partial charge in [-0.2, -0.15) is 0 Å². The van der Waals surface area contributed by atoms with Crippen molar-refractivity contribution >= 4 is 23.0 Å². The smallest absolute Gasteiger partial charge is 0.256 e. The van der Waals surface area contributed by atoms with E-state index in [0.29, 0.717) is 36.2 Å². The molecule has 3 aliphatic heterocycles. The summed E-state index contributed by atoms with van der Waals surface area (Å²) in [6.07, 6.45) is 6.73. The lowest BCUT2D eigenvalue weighted by atomic mass is 9.72. The highest BCUT2D eigenvalue weighted by Crippen LogP contribution is 2.41. The molecule has 5 rings (SSSR count). The monoisotopic (exact) mass is 383 g/mol. The van der Waals surface area contributed by atoms with Crippen LogP contribution in [-0.4, -0.2) is 73.0 Å². The first-order chi connectivity index (χ1) is 13.6. The molecule has 2 bridgehead atoms. The van der Waals surface area contributed by atoms with E-state index in [4.69, 9.17) is 0 Å². The van der Waals surface area contributed by atoms with E-state index in [0.717, 1.165) is 19.3 Å². The molecule has 8 nitrogen and oxygen atoms in total. The first-order valence-corrected chi connectivity index (χ1v) is 10.1. The molecule has 2 amide bonds. The third-order valence-electron chi connectivity index (χ3n) is 6.80. The topological polar surface area (TPSA) is 91.6 Å². The summed E-state index contributed by atoms with van der Waals surface area (Å²) in [5.74, 6) is 0.519. The number of aliphatic hydroxyl groups excluding tert-OH is 1. The summed E-state index contributed by atoms with van der Waals surface area (Å²) < 4.78 is 1.81. The minimum atomic E-state index is -0.183. The molecule has 28 heavy (non-hydrogen) atoms. The Labute approximate surface area is 163 Å². The highest BCUT2D eigenvalue weighted by molar-refractivity contribution is 6.04. The summed E-state index contributed by atoms with van der Waals surface area (Å²) in [4.78, 5) is 38.5. The second-order valence-electron chi connectivity index (χ2n) is 8.36. The number of likely N-dealkylation sites (tertiary alicyclic amines) is 1. The lowest BCUT2D eigenvalue weighted by Crippen LogP contribution is -2.66. The van der Waals surface area contributed by atoms with Crippen LogP contribution in [0, 0.1) is 11.8 Å². The van der Waals surface area contributed by atoms with E-state index in [2.05, 4.69) is 9.97 Å². The summed E-state index contributed by atoms with van der Waals surface area (Å²) in [5, 5.41) is 10.0. The van der Waals surface area contributed by atoms with Crippen molar-refractivity contribution in [1.82, 2.24) is 24.3 Å². The highest BCUT2D eigenvalue weighted by Gasteiger charge is 2.49. The zero-order valence-corrected chi connectivity index (χ0v) is 16.0. The number of imidazole rings is 1. The molecule has 0 aromatic carbocycles. The Morgan fingerprint density at radius 3 is 2.93 bits per heavy atom. The molecule has 1 N–H and O–H groups in total. The zero-order valence-electron chi connectivity index (χ0n) is 16.0. The van der Waals surface area contributed by atoms with Crippen molar-refractivity contribution in [3.05, 3.63) is 24.2 Å². The van der Waals surface area contributed by atoms with E-state index >= 15 is 0 Å². The van der Waals surface area contributed by atoms with Gasteiger partial charge in [-0.3, -0.25) is 9.59 Å². The normalized spacial score (nSPS) is 29.9. The fourth-order valence-electron chi connectivity index (χ4n) is 5.55. The molecule has 4 atom stereocenters. The molecule has 0 saturated carbocycles. The maximum atomic E-state index is 13.4. The number of aliphatic hydroxyl groups is 1. The summed E-state index contributed by atoms with van der Waals surface area (Å²) >= 11 is 0. The summed E-state index contributed by atoms with van der Waals surface area (Å²) in [5.41, 5.74) is 1.89. The average molecular weight is 383 g/mol. The number of aromatic nitrogens is 3. The van der Waals surface area contributed by atoms with Crippen molar-refractivity contribution in [2.75, 3.05) is 19.7 Å². The third kappa shape index (κ3) is 2.54. The molecule has 0 aliphatic carbocycles. The Kier molecular flexibility index (Phi) is 4.12. The standard InChI is InChI=1S/C20H25N5O3/c1-23-11-22-18-14(5-6-21-19(18)23)20(28)24-8-12-7-13(9-24)16(10-26)25-15(12)3-2-4-17(25)27/h5-6,11-13,15-16,26H,2-4,7-10H2,1H3/t12-,13+,15+,16+/m1/s1. The number of carbonyl (C=O) groups is 2. The van der Waals surface area contributed by atoms with Gasteiger partial charge in [0.1, 0.15) is 5.52 Å². The number of piperidine rings is 3. The van der Waals surface area contributed by atoms with Crippen molar-refractivity contribution in [3.8, 4) is 0 Å². The Hall–Kier alpha value is -2.48. The molecule has 0 spiro atoms. The van der Waals surface area contributed by atoms with Crippen LogP contribution in [0.15, 0.2) is 18.6 Å². The average Bonchev–Trinajstić information content (AvgIpc) is 3.09. The van der Waals surface area contributed by atoms with E-state index in [-0.39, 0.29) is 42.3 Å². The van der Waals surface area contributed by atoms with Gasteiger partial charge in [-0.15, -0.1) is 0 Å². The number of fused-ring (bicyclic) bond motifs is 5. The fraction of sp³-hybridized carbons (Fsp3) is 0.600. The Balaban J connectivity index is 1.46. The van der Waals surface area contributed by atoms with Crippen molar-refractivity contribution in [2.45, 2.75) is 37.8 Å². The lowest BCUT2D eigenvalue weighted by molar-refractivity contribution is -0.154. The molecular formula is C20H25N5O3. The van der Waals surface area contributed by atoms with Gasteiger partial charge in [0, 0.05) is 38.8 Å². The van der Waals surface area contributed by atoms with Crippen LogP contribution in [0.5, 0.6) is 0 Å². The SMILES string of the molecule is Cn1cnc2c(C(=O)N3C[C@H]4C[C@@H](C3)[C@H](CO)N3C(=O)CCC[C@@H]43)ccnc21. The second-order valence-corrected chi connectivity index (χ2v) is 8.36. The van der Waals surface area contributed by atoms with Crippen LogP contribution in [0.4, 0.5) is 0 Å². The van der Waals surface area contributed by atoms with Crippen molar-refractivity contribution in [1.29, 1.82) is 0 Å². The van der Waals surface area contributed by atoms with Crippen molar-refractivity contribution in [2.24, 2.45) is 18.9 Å². The number of aryl methyl sites for hydroxylation is 1. The van der Waals surface area contributed by atoms with Gasteiger partial charge in [0.2, 0.25) is 5.91 Å². The number of nitrogens with zero attached hydrogens (tertiary/aromatic N) is 5. The predicted molar refractivity (Wildman–Crippen MR) is 101 cm³/mol. The maximum Gasteiger partial charge on any atom is 0.256 e. The van der Waals surface area contributed by atoms with E-state index < -0.39 is 0 Å². The van der Waals surface area contributed by atoms with E-state index in [1.165, 1.54) is 0 Å². The zero-order chi connectivity index (χ0) is 19.4. The molecule has 5 heterocycles. The summed E-state index contributed by atoms with van der Waals surface area (Å²) in [6.45, 7) is 1.17. The number of hydrogen-bond donors (Lipinski definition) is 1. The van der Waals surface area contributed by atoms with Crippen molar-refractivity contribution in [3.63, 3.8) is 0 Å². The van der Waals surface area contributed by atoms with Crippen LogP contribution < -0.4 is 0 Å². The van der Waals surface area contributed by atoms with Gasteiger partial charge in [0.05, 0.1) is 24.5 Å². The Morgan fingerprint density at radius 2 is 2.11 bits per heavy atom. The first kappa shape index (κ1) is 17.6. The molecule has 2 aromatic rings. The van der Waals surface area contributed by atoms with Gasteiger partial charge in [0.15, 0.2) is 5.65 Å².